The highest BCUT2D eigenvalue weighted by Gasteiger charge is 2.51. The Morgan fingerprint density at radius 3 is 2.69 bits per heavy atom. The molecular weight excluding hydrogens is 429 g/mol. The molecule has 4 rings (SSSR count). The highest BCUT2D eigenvalue weighted by Crippen LogP contribution is 2.55. The lowest BCUT2D eigenvalue weighted by Crippen LogP contribution is -2.19. The summed E-state index contributed by atoms with van der Waals surface area (Å²) < 4.78 is 32.7. The van der Waals surface area contributed by atoms with Crippen molar-refractivity contribution in [3.05, 3.63) is 51.4 Å². The molecule has 0 aliphatic heterocycles. The van der Waals surface area contributed by atoms with Gasteiger partial charge in [-0.25, -0.2) is 18.3 Å². The topological polar surface area (TPSA) is 94.0 Å². The second kappa shape index (κ2) is 7.07. The minimum absolute atomic E-state index is 0.0276. The molecule has 2 heterocycles. The molecule has 2 aromatic heterocycles. The molecule has 11 heteroatoms. The van der Waals surface area contributed by atoms with Gasteiger partial charge in [0.25, 0.3) is 12.3 Å². The Labute approximate surface area is 173 Å². The van der Waals surface area contributed by atoms with Crippen molar-refractivity contribution in [3.8, 4) is 11.6 Å². The third kappa shape index (κ3) is 3.28. The van der Waals surface area contributed by atoms with Crippen LogP contribution in [0.1, 0.15) is 49.3 Å². The number of carboxylic acids is 1. The normalized spacial score (nSPS) is 16.2. The Bertz CT molecular complexity index is 1090. The van der Waals surface area contributed by atoms with Gasteiger partial charge in [-0.3, -0.25) is 0 Å². The zero-order valence-electron chi connectivity index (χ0n) is 14.9. The van der Waals surface area contributed by atoms with Crippen LogP contribution in [0.15, 0.2) is 28.8 Å². The minimum atomic E-state index is -2.92. The first-order chi connectivity index (χ1) is 13.7. The van der Waals surface area contributed by atoms with Gasteiger partial charge < -0.3 is 9.63 Å². The Morgan fingerprint density at radius 2 is 2.07 bits per heavy atom. The molecule has 1 aromatic carbocycles. The van der Waals surface area contributed by atoms with Crippen LogP contribution < -0.4 is 0 Å². The third-order valence-electron chi connectivity index (χ3n) is 5.00. The highest BCUT2D eigenvalue weighted by molar-refractivity contribution is 6.42. The molecule has 1 aliphatic carbocycles. The molecule has 1 atom stereocenters. The van der Waals surface area contributed by atoms with Crippen molar-refractivity contribution in [2.24, 2.45) is 0 Å². The fourth-order valence-corrected chi connectivity index (χ4v) is 3.71. The molecule has 1 aliphatic rings. The van der Waals surface area contributed by atoms with Gasteiger partial charge in [0.05, 0.1) is 15.5 Å². The van der Waals surface area contributed by atoms with Gasteiger partial charge in [0, 0.05) is 0 Å². The van der Waals surface area contributed by atoms with Gasteiger partial charge >= 0.3 is 5.97 Å². The number of carboxylic acid groups (broad SMARTS) is 1. The van der Waals surface area contributed by atoms with E-state index in [2.05, 4.69) is 15.2 Å². The van der Waals surface area contributed by atoms with E-state index >= 15 is 0 Å². The molecule has 0 amide bonds. The summed E-state index contributed by atoms with van der Waals surface area (Å²) >= 11 is 12.5. The fourth-order valence-electron chi connectivity index (χ4n) is 3.22. The monoisotopic (exact) mass is 442 g/mol. The van der Waals surface area contributed by atoms with Crippen LogP contribution in [-0.2, 0) is 10.2 Å². The van der Waals surface area contributed by atoms with E-state index in [0.717, 1.165) is 29.2 Å². The van der Waals surface area contributed by atoms with Gasteiger partial charge in [-0.2, -0.15) is 10.1 Å². The number of aromatic nitrogens is 4. The van der Waals surface area contributed by atoms with Gasteiger partial charge in [-0.1, -0.05) is 40.5 Å². The first-order valence-electron chi connectivity index (χ1n) is 8.64. The molecule has 7 nitrogen and oxygen atoms in total. The van der Waals surface area contributed by atoms with Gasteiger partial charge in [0.15, 0.2) is 11.5 Å². The molecule has 0 radical (unpaired) electrons. The predicted octanol–water partition coefficient (Wildman–Crippen LogP) is 4.90. The maximum Gasteiger partial charge on any atom is 0.328 e. The predicted molar refractivity (Wildman–Crippen MR) is 99.3 cm³/mol. The highest BCUT2D eigenvalue weighted by atomic mass is 35.5. The molecule has 1 saturated carbocycles. The number of aliphatic carboxylic acids is 1. The molecule has 152 valence electrons. The Balaban J connectivity index is 1.73. The Kier molecular flexibility index (Phi) is 4.82. The number of carbonyl (C=O) groups is 1. The summed E-state index contributed by atoms with van der Waals surface area (Å²) in [7, 11) is 0. The second-order valence-electron chi connectivity index (χ2n) is 6.82. The van der Waals surface area contributed by atoms with Crippen LogP contribution in [0.5, 0.6) is 0 Å². The Morgan fingerprint density at radius 1 is 1.34 bits per heavy atom. The van der Waals surface area contributed by atoms with Crippen LogP contribution in [0.4, 0.5) is 8.78 Å². The smallest absolute Gasteiger partial charge is 0.328 e. The maximum atomic E-state index is 13.3. The lowest BCUT2D eigenvalue weighted by atomic mass is 9.95. The number of alkyl halides is 2. The lowest BCUT2D eigenvalue weighted by Gasteiger charge is -2.13. The number of rotatable bonds is 6. The van der Waals surface area contributed by atoms with Crippen LogP contribution in [0, 0.1) is 0 Å². The van der Waals surface area contributed by atoms with E-state index in [1.165, 1.54) is 6.92 Å². The number of nitrogens with zero attached hydrogens (tertiary/aromatic N) is 4. The first-order valence-corrected chi connectivity index (χ1v) is 9.39. The molecule has 1 N–H and O–H groups in total. The van der Waals surface area contributed by atoms with Gasteiger partial charge in [-0.15, -0.1) is 0 Å². The molecule has 29 heavy (non-hydrogen) atoms. The molecule has 0 spiro atoms. The Hall–Kier alpha value is -2.52. The van der Waals surface area contributed by atoms with Crippen LogP contribution in [0.25, 0.3) is 11.6 Å². The van der Waals surface area contributed by atoms with Crippen molar-refractivity contribution < 1.29 is 23.2 Å². The lowest BCUT2D eigenvalue weighted by molar-refractivity contribution is -0.140. The largest absolute Gasteiger partial charge is 0.480 e. The molecular formula is C18H14Cl2F2N4O3. The van der Waals surface area contributed by atoms with Crippen molar-refractivity contribution >= 4 is 29.2 Å². The van der Waals surface area contributed by atoms with Gasteiger partial charge in [0.2, 0.25) is 0 Å². The van der Waals surface area contributed by atoms with E-state index in [1.807, 2.05) is 6.07 Å². The SMILES string of the molecule is C[C@H](C(=O)O)n1nc(-c2nc(C3(c4cccc(Cl)c4Cl)CC3)no2)cc1C(F)F. The fraction of sp³-hybridized carbons (Fsp3) is 0.333. The third-order valence-corrected chi connectivity index (χ3v) is 5.82. The van der Waals surface area contributed by atoms with Gasteiger partial charge in [0.1, 0.15) is 11.7 Å². The molecule has 1 fully saturated rings. The number of benzene rings is 1. The average Bonchev–Trinajstić information content (AvgIpc) is 3.13. The summed E-state index contributed by atoms with van der Waals surface area (Å²) in [6.45, 7) is 1.25. The molecule has 0 bridgehead atoms. The number of halogens is 4. The van der Waals surface area contributed by atoms with E-state index in [1.54, 1.807) is 12.1 Å². The van der Waals surface area contributed by atoms with Crippen molar-refractivity contribution in [2.75, 3.05) is 0 Å². The zero-order chi connectivity index (χ0) is 20.9. The summed E-state index contributed by atoms with van der Waals surface area (Å²) in [4.78, 5) is 15.5. The average molecular weight is 443 g/mol. The summed E-state index contributed by atoms with van der Waals surface area (Å²) in [6.07, 6.45) is -1.47. The summed E-state index contributed by atoms with van der Waals surface area (Å²) in [6, 6.07) is 5.04. The summed E-state index contributed by atoms with van der Waals surface area (Å²) in [5.74, 6) is -1.03. The van der Waals surface area contributed by atoms with E-state index in [9.17, 15) is 13.6 Å². The van der Waals surface area contributed by atoms with Crippen LogP contribution in [-0.4, -0.2) is 31.0 Å². The summed E-state index contributed by atoms with van der Waals surface area (Å²) in [5.41, 5.74) is -0.377. The van der Waals surface area contributed by atoms with Crippen molar-refractivity contribution in [1.29, 1.82) is 0 Å². The van der Waals surface area contributed by atoms with Crippen molar-refractivity contribution in [2.45, 2.75) is 37.6 Å². The first kappa shape index (κ1) is 19.8. The van der Waals surface area contributed by atoms with E-state index < -0.39 is 29.5 Å². The minimum Gasteiger partial charge on any atom is -0.480 e. The van der Waals surface area contributed by atoms with Gasteiger partial charge in [-0.05, 0) is 37.5 Å². The van der Waals surface area contributed by atoms with E-state index in [4.69, 9.17) is 32.8 Å². The van der Waals surface area contributed by atoms with E-state index in [0.29, 0.717) is 15.9 Å². The molecule has 0 saturated heterocycles. The molecule has 3 aromatic rings. The second-order valence-corrected chi connectivity index (χ2v) is 7.61. The van der Waals surface area contributed by atoms with Crippen LogP contribution in [0.2, 0.25) is 10.0 Å². The van der Waals surface area contributed by atoms with Crippen molar-refractivity contribution in [1.82, 2.24) is 19.9 Å². The van der Waals surface area contributed by atoms with Crippen molar-refractivity contribution in [3.63, 3.8) is 0 Å². The quantitative estimate of drug-likeness (QED) is 0.582. The summed E-state index contributed by atoms with van der Waals surface area (Å²) in [5, 5.41) is 17.9. The number of hydrogen-bond donors (Lipinski definition) is 1. The molecule has 0 unspecified atom stereocenters. The standard InChI is InChI=1S/C18H14Cl2F2N4O3/c1-8(16(27)28)26-12(14(21)22)7-11(24-26)15-23-17(25-29-15)18(5-6-18)9-3-2-4-10(19)13(9)20/h2-4,7-8,14H,5-6H2,1H3,(H,27,28)/t8-/m1/s1. The zero-order valence-corrected chi connectivity index (χ0v) is 16.5. The van der Waals surface area contributed by atoms with Crippen LogP contribution in [0.3, 0.4) is 0 Å². The maximum absolute atomic E-state index is 13.3. The van der Waals surface area contributed by atoms with Crippen LogP contribution >= 0.6 is 23.2 Å². The van der Waals surface area contributed by atoms with E-state index in [-0.39, 0.29) is 11.6 Å². The number of hydrogen-bond acceptors (Lipinski definition) is 5.